The Labute approximate surface area is 115 Å². The smallest absolute Gasteiger partial charge is 0.289 e. The molecule has 0 amide bonds. The summed E-state index contributed by atoms with van der Waals surface area (Å²) in [6.45, 7) is 5.36. The lowest BCUT2D eigenvalue weighted by atomic mass is 10.1. The van der Waals surface area contributed by atoms with Crippen LogP contribution in [0.5, 0.6) is 0 Å². The van der Waals surface area contributed by atoms with Gasteiger partial charge in [-0.3, -0.25) is 10.6 Å². The van der Waals surface area contributed by atoms with Crippen molar-refractivity contribution in [3.05, 3.63) is 64.1 Å². The van der Waals surface area contributed by atoms with Gasteiger partial charge in [-0.05, 0) is 19.1 Å². The second-order valence-electron chi connectivity index (χ2n) is 4.14. The monoisotopic (exact) mass is 267 g/mol. The molecule has 1 heterocycles. The first-order valence-electron chi connectivity index (χ1n) is 5.85. The summed E-state index contributed by atoms with van der Waals surface area (Å²) in [6.07, 6.45) is 0. The highest BCUT2D eigenvalue weighted by atomic mass is 16.1. The van der Waals surface area contributed by atoms with Crippen molar-refractivity contribution in [3.8, 4) is 11.8 Å². The number of benzene rings is 1. The van der Waals surface area contributed by atoms with Gasteiger partial charge in [0.15, 0.2) is 0 Å². The van der Waals surface area contributed by atoms with Crippen LogP contribution in [-0.2, 0) is 0 Å². The second kappa shape index (κ2) is 5.38. The minimum atomic E-state index is -0.468. The zero-order chi connectivity index (χ0) is 14.7. The number of para-hydroxylation sites is 1. The fourth-order valence-corrected chi connectivity index (χ4v) is 1.84. The lowest BCUT2D eigenvalue weighted by Crippen LogP contribution is -2.29. The van der Waals surface area contributed by atoms with E-state index in [2.05, 4.69) is 17.1 Å². The third-order valence-corrected chi connectivity index (χ3v) is 2.91. The quantitative estimate of drug-likeness (QED) is 0.634. The molecule has 0 aliphatic heterocycles. The minimum absolute atomic E-state index is 0.0234. The molecule has 0 atom stereocenters. The van der Waals surface area contributed by atoms with Crippen LogP contribution in [0.4, 0.5) is 0 Å². The fraction of sp³-hybridized carbons (Fsp3) is 0.0714. The van der Waals surface area contributed by atoms with Crippen LogP contribution in [0.1, 0.15) is 16.8 Å². The van der Waals surface area contributed by atoms with E-state index in [0.29, 0.717) is 22.6 Å². The average molecular weight is 267 g/mol. The summed E-state index contributed by atoms with van der Waals surface area (Å²) in [5.41, 5.74) is 3.69. The fourth-order valence-electron chi connectivity index (χ4n) is 1.84. The van der Waals surface area contributed by atoms with Crippen LogP contribution >= 0.6 is 0 Å². The maximum atomic E-state index is 12.3. The van der Waals surface area contributed by atoms with E-state index in [1.54, 1.807) is 31.2 Å². The van der Waals surface area contributed by atoms with Gasteiger partial charge in [-0.1, -0.05) is 24.8 Å². The molecular weight excluding hydrogens is 254 g/mol. The molecule has 0 saturated carbocycles. The molecule has 0 aliphatic rings. The molecule has 0 fully saturated rings. The second-order valence-corrected chi connectivity index (χ2v) is 4.14. The summed E-state index contributed by atoms with van der Waals surface area (Å²) in [5.74, 6) is 5.33. The van der Waals surface area contributed by atoms with Gasteiger partial charge in [0.05, 0.1) is 11.4 Å². The number of rotatable bonds is 3. The molecule has 0 aliphatic carbocycles. The van der Waals surface area contributed by atoms with E-state index < -0.39 is 5.56 Å². The van der Waals surface area contributed by atoms with Crippen LogP contribution in [0.3, 0.4) is 0 Å². The number of hydrogen-bond donors (Lipinski definition) is 2. The van der Waals surface area contributed by atoms with Crippen LogP contribution < -0.4 is 16.8 Å². The van der Waals surface area contributed by atoms with E-state index in [-0.39, 0.29) is 5.56 Å². The van der Waals surface area contributed by atoms with Crippen molar-refractivity contribution in [2.24, 2.45) is 5.84 Å². The lowest BCUT2D eigenvalue weighted by molar-refractivity contribution is 0.778. The van der Waals surface area contributed by atoms with Crippen molar-refractivity contribution in [3.63, 3.8) is 0 Å². The van der Waals surface area contributed by atoms with Crippen molar-refractivity contribution < 1.29 is 0 Å². The predicted molar refractivity (Wildman–Crippen MR) is 75.6 cm³/mol. The summed E-state index contributed by atoms with van der Waals surface area (Å²) in [4.78, 5) is 12.3. The van der Waals surface area contributed by atoms with Crippen LogP contribution in [0.15, 0.2) is 41.7 Å². The topological polar surface area (TPSA) is 96.7 Å². The van der Waals surface area contributed by atoms with Gasteiger partial charge in [0.25, 0.3) is 5.56 Å². The van der Waals surface area contributed by atoms with Crippen molar-refractivity contribution in [2.45, 2.75) is 6.92 Å². The Morgan fingerprint density at radius 3 is 2.65 bits per heavy atom. The summed E-state index contributed by atoms with van der Waals surface area (Å²) >= 11 is 0. The zero-order valence-corrected chi connectivity index (χ0v) is 10.9. The van der Waals surface area contributed by atoms with Crippen molar-refractivity contribution in [1.82, 2.24) is 15.2 Å². The molecule has 2 rings (SSSR count). The molecular formula is C14H13N5O. The van der Waals surface area contributed by atoms with Gasteiger partial charge < -0.3 is 5.43 Å². The normalized spacial score (nSPS) is 9.85. The van der Waals surface area contributed by atoms with Crippen LogP contribution in [0.25, 0.3) is 11.4 Å². The van der Waals surface area contributed by atoms with Gasteiger partial charge in [0, 0.05) is 5.56 Å². The molecule has 0 spiro atoms. The van der Waals surface area contributed by atoms with E-state index in [4.69, 9.17) is 5.84 Å². The third kappa shape index (κ3) is 2.18. The first kappa shape index (κ1) is 13.5. The minimum Gasteiger partial charge on any atom is -0.323 e. The van der Waals surface area contributed by atoms with Crippen LogP contribution in [0.2, 0.25) is 0 Å². The highest BCUT2D eigenvalue weighted by Crippen LogP contribution is 2.14. The van der Waals surface area contributed by atoms with Gasteiger partial charge in [-0.2, -0.15) is 15.0 Å². The molecule has 6 nitrogen and oxygen atoms in total. The van der Waals surface area contributed by atoms with Crippen molar-refractivity contribution in [2.75, 3.05) is 0 Å². The molecule has 0 unspecified atom stereocenters. The number of nitrogens with one attached hydrogen (secondary N) is 1. The summed E-state index contributed by atoms with van der Waals surface area (Å²) in [6, 6.07) is 10.8. The Morgan fingerprint density at radius 1 is 1.45 bits per heavy atom. The summed E-state index contributed by atoms with van der Waals surface area (Å²) in [5, 5.41) is 13.4. The third-order valence-electron chi connectivity index (χ3n) is 2.91. The Hall–Kier alpha value is -2.91. The van der Waals surface area contributed by atoms with Gasteiger partial charge >= 0.3 is 0 Å². The number of nitrogens with zero attached hydrogens (tertiary/aromatic N) is 3. The molecule has 3 N–H and O–H groups in total. The van der Waals surface area contributed by atoms with E-state index >= 15 is 0 Å². The maximum Gasteiger partial charge on any atom is 0.289 e. The summed E-state index contributed by atoms with van der Waals surface area (Å²) < 4.78 is 1.17. The molecule has 0 saturated heterocycles. The van der Waals surface area contributed by atoms with E-state index in [1.807, 2.05) is 12.1 Å². The average Bonchev–Trinajstić information content (AvgIpc) is 2.48. The Bertz CT molecular complexity index is 756. The number of hydrazine groups is 1. The highest BCUT2D eigenvalue weighted by molar-refractivity contribution is 5.62. The molecule has 0 radical (unpaired) electrons. The largest absolute Gasteiger partial charge is 0.323 e. The Kier molecular flexibility index (Phi) is 3.64. The van der Waals surface area contributed by atoms with E-state index in [0.717, 1.165) is 0 Å². The molecule has 1 aromatic carbocycles. The standard InChI is InChI=1S/C14H13N5O/c1-9-12(8-15)14(20)19(11-6-4-3-5-7-11)18-13(9)10(2)17-16/h3-7,17H,2,16H2,1H3. The Balaban J connectivity index is 2.81. The lowest BCUT2D eigenvalue weighted by Gasteiger charge is -2.12. The predicted octanol–water partition coefficient (Wildman–Crippen LogP) is 0.847. The maximum absolute atomic E-state index is 12.3. The molecule has 0 bridgehead atoms. The van der Waals surface area contributed by atoms with Gasteiger partial charge in [0.2, 0.25) is 0 Å². The van der Waals surface area contributed by atoms with E-state index in [1.165, 1.54) is 4.68 Å². The summed E-state index contributed by atoms with van der Waals surface area (Å²) in [7, 11) is 0. The van der Waals surface area contributed by atoms with Crippen molar-refractivity contribution >= 4 is 5.70 Å². The van der Waals surface area contributed by atoms with Gasteiger partial charge in [-0.15, -0.1) is 0 Å². The molecule has 2 aromatic rings. The number of nitrogens with two attached hydrogens (primary N) is 1. The van der Waals surface area contributed by atoms with Crippen molar-refractivity contribution in [1.29, 1.82) is 5.26 Å². The Morgan fingerprint density at radius 2 is 2.10 bits per heavy atom. The molecule has 6 heteroatoms. The zero-order valence-electron chi connectivity index (χ0n) is 10.9. The SMILES string of the molecule is C=C(NN)c1nn(-c2ccccc2)c(=O)c(C#N)c1C. The number of aromatic nitrogens is 2. The van der Waals surface area contributed by atoms with Gasteiger partial charge in [-0.25, -0.2) is 0 Å². The molecule has 1 aromatic heterocycles. The van der Waals surface area contributed by atoms with Crippen LogP contribution in [0, 0.1) is 18.3 Å². The highest BCUT2D eigenvalue weighted by Gasteiger charge is 2.16. The van der Waals surface area contributed by atoms with Crippen LogP contribution in [-0.4, -0.2) is 9.78 Å². The number of nitriles is 1. The first-order valence-corrected chi connectivity index (χ1v) is 5.85. The number of hydrogen-bond acceptors (Lipinski definition) is 5. The van der Waals surface area contributed by atoms with E-state index in [9.17, 15) is 10.1 Å². The molecule has 100 valence electrons. The van der Waals surface area contributed by atoms with Gasteiger partial charge in [0.1, 0.15) is 17.3 Å². The first-order chi connectivity index (χ1) is 9.60. The molecule has 20 heavy (non-hydrogen) atoms.